The van der Waals surface area contributed by atoms with Crippen LogP contribution in [0.15, 0.2) is 48.5 Å². The van der Waals surface area contributed by atoms with E-state index in [0.717, 1.165) is 4.90 Å². The average Bonchev–Trinajstić information content (AvgIpc) is 2.67. The van der Waals surface area contributed by atoms with Gasteiger partial charge in [-0.05, 0) is 31.2 Å². The summed E-state index contributed by atoms with van der Waals surface area (Å²) in [5.74, 6) is 1.03. The topological polar surface area (TPSA) is 81.1 Å². The van der Waals surface area contributed by atoms with E-state index in [1.54, 1.807) is 50.6 Å². The molecule has 0 saturated heterocycles. The Labute approximate surface area is 159 Å². The molecule has 2 aromatic rings. The van der Waals surface area contributed by atoms with Gasteiger partial charge in [0.25, 0.3) is 11.8 Å². The predicted molar refractivity (Wildman–Crippen MR) is 104 cm³/mol. The minimum Gasteiger partial charge on any atom is -0.497 e. The molecule has 3 N–H and O–H groups in total. The maximum absolute atomic E-state index is 12.3. The van der Waals surface area contributed by atoms with E-state index in [1.165, 1.54) is 0 Å². The number of benzene rings is 2. The van der Waals surface area contributed by atoms with Crippen molar-refractivity contribution in [2.75, 3.05) is 44.5 Å². The van der Waals surface area contributed by atoms with Gasteiger partial charge in [0, 0.05) is 23.5 Å². The lowest BCUT2D eigenvalue weighted by Crippen LogP contribution is -3.13. The molecule has 0 aromatic heterocycles. The van der Waals surface area contributed by atoms with Crippen LogP contribution in [0.2, 0.25) is 0 Å². The summed E-state index contributed by atoms with van der Waals surface area (Å²) in [6, 6.07) is 14.3. The molecule has 2 amide bonds. The molecule has 0 aliphatic carbocycles. The Kier molecular flexibility index (Phi) is 7.63. The highest BCUT2D eigenvalue weighted by molar-refractivity contribution is 5.93. The zero-order valence-corrected chi connectivity index (χ0v) is 15.9. The standard InChI is InChI=1S/C20H25N3O4/c1-4-23(13-19(24)21-15-7-5-9-17(11-15)26-2)14-20(25)22-16-8-6-10-18(12-16)27-3/h5-12H,4,13-14H2,1-3H3,(H,21,24)(H,22,25)/p+1. The van der Waals surface area contributed by atoms with Crippen LogP contribution in [0.5, 0.6) is 11.5 Å². The zero-order valence-electron chi connectivity index (χ0n) is 15.9. The number of nitrogens with one attached hydrogen (secondary N) is 3. The number of quaternary nitrogens is 1. The molecule has 2 rings (SSSR count). The van der Waals surface area contributed by atoms with Gasteiger partial charge in [-0.2, -0.15) is 0 Å². The van der Waals surface area contributed by atoms with Crippen molar-refractivity contribution in [3.8, 4) is 11.5 Å². The number of hydrogen-bond acceptors (Lipinski definition) is 4. The van der Waals surface area contributed by atoms with E-state index in [0.29, 0.717) is 29.4 Å². The highest BCUT2D eigenvalue weighted by Crippen LogP contribution is 2.17. The number of carbonyl (C=O) groups is 2. The van der Waals surface area contributed by atoms with E-state index in [1.807, 2.05) is 19.1 Å². The summed E-state index contributed by atoms with van der Waals surface area (Å²) in [6.45, 7) is 2.97. The third-order valence-corrected chi connectivity index (χ3v) is 4.03. The quantitative estimate of drug-likeness (QED) is 0.618. The average molecular weight is 372 g/mol. The van der Waals surface area contributed by atoms with E-state index < -0.39 is 0 Å². The fraction of sp³-hybridized carbons (Fsp3) is 0.300. The second-order valence-corrected chi connectivity index (χ2v) is 6.02. The number of ether oxygens (including phenoxy) is 2. The number of rotatable bonds is 9. The van der Waals surface area contributed by atoms with Crippen LogP contribution in [-0.4, -0.2) is 45.7 Å². The molecule has 0 aliphatic heterocycles. The van der Waals surface area contributed by atoms with Gasteiger partial charge in [-0.25, -0.2) is 0 Å². The molecule has 0 saturated carbocycles. The molecule has 27 heavy (non-hydrogen) atoms. The first-order valence-electron chi connectivity index (χ1n) is 8.75. The van der Waals surface area contributed by atoms with E-state index in [2.05, 4.69) is 10.6 Å². The van der Waals surface area contributed by atoms with Gasteiger partial charge in [-0.1, -0.05) is 12.1 Å². The second kappa shape index (κ2) is 10.2. The van der Waals surface area contributed by atoms with E-state index >= 15 is 0 Å². The minimum absolute atomic E-state index is 0.158. The molecule has 0 spiro atoms. The number of likely N-dealkylation sites (N-methyl/N-ethyl adjacent to an activating group) is 1. The number of anilines is 2. The molecule has 7 heteroatoms. The van der Waals surface area contributed by atoms with Crippen LogP contribution in [0.4, 0.5) is 11.4 Å². The molecule has 0 bridgehead atoms. The first kappa shape index (κ1) is 20.3. The fourth-order valence-corrected chi connectivity index (χ4v) is 2.58. The number of hydrogen-bond donors (Lipinski definition) is 3. The SMILES string of the molecule is CC[NH+](CC(=O)Nc1cccc(OC)c1)CC(=O)Nc1cccc(OC)c1. The zero-order chi connectivity index (χ0) is 19.6. The number of methoxy groups -OCH3 is 2. The fourth-order valence-electron chi connectivity index (χ4n) is 2.58. The van der Waals surface area contributed by atoms with Crippen LogP contribution >= 0.6 is 0 Å². The monoisotopic (exact) mass is 372 g/mol. The van der Waals surface area contributed by atoms with Crippen molar-refractivity contribution in [2.24, 2.45) is 0 Å². The Morgan fingerprint density at radius 3 is 1.67 bits per heavy atom. The van der Waals surface area contributed by atoms with Crippen molar-refractivity contribution < 1.29 is 24.0 Å². The Bertz CT molecular complexity index is 716. The first-order chi connectivity index (χ1) is 13.0. The molecular formula is C20H26N3O4+. The van der Waals surface area contributed by atoms with Crippen LogP contribution in [0.1, 0.15) is 6.92 Å². The normalized spacial score (nSPS) is 10.4. The lowest BCUT2D eigenvalue weighted by atomic mass is 10.3. The molecular weight excluding hydrogens is 346 g/mol. The Morgan fingerprint density at radius 2 is 1.30 bits per heavy atom. The van der Waals surface area contributed by atoms with Gasteiger partial charge < -0.3 is 25.0 Å². The second-order valence-electron chi connectivity index (χ2n) is 6.02. The number of carbonyl (C=O) groups excluding carboxylic acids is 2. The third kappa shape index (κ3) is 6.63. The molecule has 2 aromatic carbocycles. The molecule has 0 atom stereocenters. The molecule has 0 aliphatic rings. The smallest absolute Gasteiger partial charge is 0.279 e. The van der Waals surface area contributed by atoms with E-state index in [9.17, 15) is 9.59 Å². The van der Waals surface area contributed by atoms with Crippen molar-refractivity contribution >= 4 is 23.2 Å². The van der Waals surface area contributed by atoms with Gasteiger partial charge in [0.15, 0.2) is 13.1 Å². The Balaban J connectivity index is 1.87. The predicted octanol–water partition coefficient (Wildman–Crippen LogP) is 1.19. The van der Waals surface area contributed by atoms with Gasteiger partial charge in [-0.3, -0.25) is 9.59 Å². The highest BCUT2D eigenvalue weighted by atomic mass is 16.5. The molecule has 0 fully saturated rings. The maximum Gasteiger partial charge on any atom is 0.279 e. The van der Waals surface area contributed by atoms with Crippen LogP contribution in [0.3, 0.4) is 0 Å². The summed E-state index contributed by atoms with van der Waals surface area (Å²) in [5.41, 5.74) is 1.33. The van der Waals surface area contributed by atoms with E-state index in [-0.39, 0.29) is 24.9 Å². The van der Waals surface area contributed by atoms with Gasteiger partial charge in [0.2, 0.25) is 0 Å². The number of amides is 2. The Morgan fingerprint density at radius 1 is 0.852 bits per heavy atom. The molecule has 0 radical (unpaired) electrons. The van der Waals surface area contributed by atoms with Gasteiger partial charge >= 0.3 is 0 Å². The minimum atomic E-state index is -0.158. The van der Waals surface area contributed by atoms with Gasteiger partial charge in [0.05, 0.1) is 20.8 Å². The lowest BCUT2D eigenvalue weighted by molar-refractivity contribution is -0.881. The van der Waals surface area contributed by atoms with E-state index in [4.69, 9.17) is 9.47 Å². The highest BCUT2D eigenvalue weighted by Gasteiger charge is 2.17. The molecule has 0 unspecified atom stereocenters. The first-order valence-corrected chi connectivity index (χ1v) is 8.75. The summed E-state index contributed by atoms with van der Waals surface area (Å²) < 4.78 is 10.3. The largest absolute Gasteiger partial charge is 0.497 e. The summed E-state index contributed by atoms with van der Waals surface area (Å²) >= 11 is 0. The van der Waals surface area contributed by atoms with Crippen molar-refractivity contribution in [1.29, 1.82) is 0 Å². The molecule has 7 nitrogen and oxygen atoms in total. The van der Waals surface area contributed by atoms with Crippen molar-refractivity contribution in [3.05, 3.63) is 48.5 Å². The molecule has 144 valence electrons. The van der Waals surface area contributed by atoms with Gasteiger partial charge in [0.1, 0.15) is 11.5 Å². The summed E-state index contributed by atoms with van der Waals surface area (Å²) in [4.78, 5) is 25.4. The molecule has 0 heterocycles. The van der Waals surface area contributed by atoms with Crippen LogP contribution < -0.4 is 25.0 Å². The summed E-state index contributed by atoms with van der Waals surface area (Å²) in [5, 5.41) is 5.66. The summed E-state index contributed by atoms with van der Waals surface area (Å²) in [7, 11) is 3.15. The van der Waals surface area contributed by atoms with Crippen LogP contribution in [0.25, 0.3) is 0 Å². The maximum atomic E-state index is 12.3. The van der Waals surface area contributed by atoms with Crippen LogP contribution in [0, 0.1) is 0 Å². The van der Waals surface area contributed by atoms with Crippen molar-refractivity contribution in [2.45, 2.75) is 6.92 Å². The third-order valence-electron chi connectivity index (χ3n) is 4.03. The Hall–Kier alpha value is -3.06. The van der Waals surface area contributed by atoms with Crippen molar-refractivity contribution in [1.82, 2.24) is 0 Å². The van der Waals surface area contributed by atoms with Crippen LogP contribution in [-0.2, 0) is 9.59 Å². The van der Waals surface area contributed by atoms with Gasteiger partial charge in [-0.15, -0.1) is 0 Å². The summed E-state index contributed by atoms with van der Waals surface area (Å²) in [6.07, 6.45) is 0. The lowest BCUT2D eigenvalue weighted by Gasteiger charge is -2.17. The van der Waals surface area contributed by atoms with Crippen molar-refractivity contribution in [3.63, 3.8) is 0 Å².